The first-order chi connectivity index (χ1) is 9.16. The Morgan fingerprint density at radius 2 is 1.95 bits per heavy atom. The molecule has 2 unspecified atom stereocenters. The summed E-state index contributed by atoms with van der Waals surface area (Å²) in [6.07, 6.45) is 7.73. The Bertz CT molecular complexity index is 477. The summed E-state index contributed by atoms with van der Waals surface area (Å²) in [7, 11) is 0. The molecule has 19 heavy (non-hydrogen) atoms. The minimum atomic E-state index is 0.290. The summed E-state index contributed by atoms with van der Waals surface area (Å²) in [4.78, 5) is 17.4. The molecule has 104 valence electrons. The van der Waals surface area contributed by atoms with Crippen molar-refractivity contribution in [2.45, 2.75) is 58.4 Å². The van der Waals surface area contributed by atoms with Crippen LogP contribution < -0.4 is 0 Å². The van der Waals surface area contributed by atoms with E-state index in [4.69, 9.17) is 0 Å². The number of likely N-dealkylation sites (tertiary alicyclic amines) is 1. The topological polar surface area (TPSA) is 20.3 Å². The van der Waals surface area contributed by atoms with E-state index in [2.05, 4.69) is 24.8 Å². The average Bonchev–Trinajstić information content (AvgIpc) is 2.76. The molecule has 0 aromatic carbocycles. The summed E-state index contributed by atoms with van der Waals surface area (Å²) in [6.45, 7) is 5.13. The largest absolute Gasteiger partial charge is 0.335 e. The van der Waals surface area contributed by atoms with Crippen LogP contribution in [-0.2, 0) is 0 Å². The fraction of sp³-hybridized carbons (Fsp3) is 0.688. The third-order valence-corrected chi connectivity index (χ3v) is 5.74. The molecule has 2 aliphatic rings. The highest BCUT2D eigenvalue weighted by molar-refractivity contribution is 7.12. The molecule has 3 heteroatoms. The van der Waals surface area contributed by atoms with Crippen LogP contribution in [0.4, 0.5) is 0 Å². The van der Waals surface area contributed by atoms with Gasteiger partial charge in [-0.2, -0.15) is 0 Å². The monoisotopic (exact) mass is 277 g/mol. The Morgan fingerprint density at radius 1 is 1.21 bits per heavy atom. The molecular weight excluding hydrogens is 254 g/mol. The zero-order valence-corrected chi connectivity index (χ0v) is 12.8. The van der Waals surface area contributed by atoms with Gasteiger partial charge in [-0.15, -0.1) is 11.3 Å². The number of carbonyl (C=O) groups is 1. The van der Waals surface area contributed by atoms with Crippen molar-refractivity contribution in [3.8, 4) is 0 Å². The maximum atomic E-state index is 12.8. The lowest BCUT2D eigenvalue weighted by atomic mass is 9.78. The second-order valence-corrected chi connectivity index (χ2v) is 7.54. The van der Waals surface area contributed by atoms with Crippen LogP contribution in [0.5, 0.6) is 0 Å². The van der Waals surface area contributed by atoms with Crippen molar-refractivity contribution < 1.29 is 4.79 Å². The van der Waals surface area contributed by atoms with Crippen molar-refractivity contribution in [3.63, 3.8) is 0 Å². The van der Waals surface area contributed by atoms with Crippen LogP contribution in [0.2, 0.25) is 0 Å². The first kappa shape index (κ1) is 13.2. The number of piperidine rings is 1. The maximum Gasteiger partial charge on any atom is 0.255 e. The van der Waals surface area contributed by atoms with Crippen LogP contribution in [0, 0.1) is 19.8 Å². The molecule has 1 aromatic heterocycles. The normalized spacial score (nSPS) is 27.2. The van der Waals surface area contributed by atoms with Gasteiger partial charge in [-0.1, -0.05) is 12.8 Å². The van der Waals surface area contributed by atoms with Gasteiger partial charge in [-0.3, -0.25) is 4.79 Å². The molecule has 1 saturated heterocycles. The molecule has 1 aliphatic heterocycles. The van der Waals surface area contributed by atoms with Crippen molar-refractivity contribution in [2.24, 2.45) is 5.92 Å². The number of hydrogen-bond donors (Lipinski definition) is 0. The van der Waals surface area contributed by atoms with Crippen molar-refractivity contribution in [1.29, 1.82) is 0 Å². The lowest BCUT2D eigenvalue weighted by Crippen LogP contribution is -2.49. The molecule has 2 fully saturated rings. The van der Waals surface area contributed by atoms with E-state index in [9.17, 15) is 4.79 Å². The van der Waals surface area contributed by atoms with Crippen molar-refractivity contribution in [3.05, 3.63) is 21.4 Å². The van der Waals surface area contributed by atoms with E-state index in [1.54, 1.807) is 11.3 Å². The highest BCUT2D eigenvalue weighted by Gasteiger charge is 2.36. The van der Waals surface area contributed by atoms with Crippen LogP contribution in [0.1, 0.15) is 58.6 Å². The third-order valence-electron chi connectivity index (χ3n) is 4.78. The van der Waals surface area contributed by atoms with Gasteiger partial charge in [0, 0.05) is 22.3 Å². The van der Waals surface area contributed by atoms with Crippen LogP contribution in [0.25, 0.3) is 0 Å². The maximum absolute atomic E-state index is 12.8. The zero-order valence-electron chi connectivity index (χ0n) is 11.9. The molecule has 1 aromatic rings. The molecule has 2 atom stereocenters. The van der Waals surface area contributed by atoms with Gasteiger partial charge in [-0.25, -0.2) is 0 Å². The number of carbonyl (C=O) groups excluding carboxylic acids is 1. The molecule has 0 spiro atoms. The van der Waals surface area contributed by atoms with E-state index in [1.807, 2.05) is 0 Å². The second-order valence-electron chi connectivity index (χ2n) is 6.08. The minimum Gasteiger partial charge on any atom is -0.335 e. The fourth-order valence-electron chi connectivity index (χ4n) is 3.87. The number of nitrogens with zero attached hydrogens (tertiary/aromatic N) is 1. The van der Waals surface area contributed by atoms with E-state index in [-0.39, 0.29) is 0 Å². The summed E-state index contributed by atoms with van der Waals surface area (Å²) in [5, 5.41) is 0. The van der Waals surface area contributed by atoms with Gasteiger partial charge in [-0.05, 0) is 51.5 Å². The van der Waals surface area contributed by atoms with Crippen molar-refractivity contribution in [1.82, 2.24) is 4.90 Å². The van der Waals surface area contributed by atoms with Gasteiger partial charge in [0.25, 0.3) is 5.91 Å². The summed E-state index contributed by atoms with van der Waals surface area (Å²) in [5.74, 6) is 1.06. The van der Waals surface area contributed by atoms with E-state index in [0.717, 1.165) is 18.0 Å². The van der Waals surface area contributed by atoms with Crippen LogP contribution in [-0.4, -0.2) is 23.4 Å². The molecule has 1 amide bonds. The SMILES string of the molecule is Cc1cc(C(=O)N2CCCC3CCCCC32)c(C)s1. The zero-order chi connectivity index (χ0) is 13.4. The Kier molecular flexibility index (Phi) is 3.66. The third kappa shape index (κ3) is 2.45. The Morgan fingerprint density at radius 3 is 2.68 bits per heavy atom. The molecule has 1 aliphatic carbocycles. The average molecular weight is 277 g/mol. The first-order valence-electron chi connectivity index (χ1n) is 7.55. The summed E-state index contributed by atoms with van der Waals surface area (Å²) in [6, 6.07) is 2.60. The van der Waals surface area contributed by atoms with Gasteiger partial charge in [0.05, 0.1) is 5.56 Å². The van der Waals surface area contributed by atoms with Crippen molar-refractivity contribution >= 4 is 17.2 Å². The minimum absolute atomic E-state index is 0.290. The van der Waals surface area contributed by atoms with E-state index in [0.29, 0.717) is 11.9 Å². The van der Waals surface area contributed by atoms with Gasteiger partial charge in [0.2, 0.25) is 0 Å². The lowest BCUT2D eigenvalue weighted by molar-refractivity contribution is 0.0390. The predicted octanol–water partition coefficient (Wildman–Crippen LogP) is 4.16. The molecule has 0 radical (unpaired) electrons. The molecule has 0 N–H and O–H groups in total. The van der Waals surface area contributed by atoms with Gasteiger partial charge < -0.3 is 4.90 Å². The molecule has 0 bridgehead atoms. The Hall–Kier alpha value is -0.830. The highest BCUT2D eigenvalue weighted by Crippen LogP contribution is 2.36. The molecule has 3 rings (SSSR count). The van der Waals surface area contributed by atoms with E-state index < -0.39 is 0 Å². The van der Waals surface area contributed by atoms with Crippen LogP contribution in [0.3, 0.4) is 0 Å². The van der Waals surface area contributed by atoms with Crippen LogP contribution >= 0.6 is 11.3 Å². The summed E-state index contributed by atoms with van der Waals surface area (Å²) in [5.41, 5.74) is 0.953. The van der Waals surface area contributed by atoms with E-state index in [1.165, 1.54) is 48.3 Å². The van der Waals surface area contributed by atoms with Gasteiger partial charge >= 0.3 is 0 Å². The number of thiophene rings is 1. The number of rotatable bonds is 1. The molecule has 1 saturated carbocycles. The smallest absolute Gasteiger partial charge is 0.255 e. The number of aryl methyl sites for hydroxylation is 2. The molecule has 2 heterocycles. The number of hydrogen-bond acceptors (Lipinski definition) is 2. The lowest BCUT2D eigenvalue weighted by Gasteiger charge is -2.44. The van der Waals surface area contributed by atoms with Crippen LogP contribution in [0.15, 0.2) is 6.07 Å². The summed E-state index contributed by atoms with van der Waals surface area (Å²) < 4.78 is 0. The standard InChI is InChI=1S/C16H23NOS/c1-11-10-14(12(2)19-11)16(18)17-9-5-7-13-6-3-4-8-15(13)17/h10,13,15H,3-9H2,1-2H3. The summed E-state index contributed by atoms with van der Waals surface area (Å²) >= 11 is 1.74. The fourth-order valence-corrected chi connectivity index (χ4v) is 4.79. The van der Waals surface area contributed by atoms with Gasteiger partial charge in [0.15, 0.2) is 0 Å². The van der Waals surface area contributed by atoms with Gasteiger partial charge in [0.1, 0.15) is 0 Å². The Balaban J connectivity index is 1.83. The van der Waals surface area contributed by atoms with Crippen molar-refractivity contribution in [2.75, 3.05) is 6.54 Å². The quantitative estimate of drug-likeness (QED) is 0.755. The molecule has 2 nitrogen and oxygen atoms in total. The predicted molar refractivity (Wildman–Crippen MR) is 79.8 cm³/mol. The number of fused-ring (bicyclic) bond motifs is 1. The second kappa shape index (κ2) is 5.28. The Labute approximate surface area is 119 Å². The number of amides is 1. The molecular formula is C16H23NOS. The van der Waals surface area contributed by atoms with E-state index >= 15 is 0 Å². The highest BCUT2D eigenvalue weighted by atomic mass is 32.1. The first-order valence-corrected chi connectivity index (χ1v) is 8.36.